The molecule has 3 heteroatoms. The van der Waals surface area contributed by atoms with Crippen molar-refractivity contribution < 1.29 is 14.6 Å². The summed E-state index contributed by atoms with van der Waals surface area (Å²) < 4.78 is 11.2. The SMILES string of the molecule is Cc1cccc(C(C)(CO)Cc2ccc3c(c2)OCCO3)c1. The van der Waals surface area contributed by atoms with Crippen LogP contribution in [0.1, 0.15) is 23.6 Å². The van der Waals surface area contributed by atoms with E-state index in [4.69, 9.17) is 9.47 Å². The van der Waals surface area contributed by atoms with Crippen LogP contribution in [0.3, 0.4) is 0 Å². The molecule has 3 nitrogen and oxygen atoms in total. The van der Waals surface area contributed by atoms with Gasteiger partial charge in [-0.1, -0.05) is 42.8 Å². The second-order valence-corrected chi connectivity index (χ2v) is 6.24. The smallest absolute Gasteiger partial charge is 0.161 e. The van der Waals surface area contributed by atoms with Gasteiger partial charge in [-0.05, 0) is 36.6 Å². The number of rotatable bonds is 4. The first-order valence-corrected chi connectivity index (χ1v) is 7.67. The van der Waals surface area contributed by atoms with E-state index in [0.717, 1.165) is 29.0 Å². The molecule has 0 spiro atoms. The highest BCUT2D eigenvalue weighted by Gasteiger charge is 2.27. The highest BCUT2D eigenvalue weighted by Crippen LogP contribution is 2.34. The Morgan fingerprint density at radius 1 is 1.05 bits per heavy atom. The van der Waals surface area contributed by atoms with Crippen molar-refractivity contribution in [2.75, 3.05) is 19.8 Å². The maximum absolute atomic E-state index is 9.97. The number of aliphatic hydroxyl groups excluding tert-OH is 1. The first-order chi connectivity index (χ1) is 10.6. The first-order valence-electron chi connectivity index (χ1n) is 7.67. The molecule has 0 amide bonds. The summed E-state index contributed by atoms with van der Waals surface area (Å²) in [6.45, 7) is 5.46. The van der Waals surface area contributed by atoms with Crippen LogP contribution in [0.25, 0.3) is 0 Å². The zero-order valence-corrected chi connectivity index (χ0v) is 13.1. The molecule has 0 saturated carbocycles. The van der Waals surface area contributed by atoms with E-state index >= 15 is 0 Å². The van der Waals surface area contributed by atoms with Gasteiger partial charge in [0.15, 0.2) is 11.5 Å². The highest BCUT2D eigenvalue weighted by molar-refractivity contribution is 5.45. The van der Waals surface area contributed by atoms with Gasteiger partial charge in [0, 0.05) is 5.41 Å². The summed E-state index contributed by atoms with van der Waals surface area (Å²) in [6, 6.07) is 14.4. The zero-order valence-electron chi connectivity index (χ0n) is 13.1. The molecular weight excluding hydrogens is 276 g/mol. The summed E-state index contributed by atoms with van der Waals surface area (Å²) in [5.74, 6) is 1.60. The largest absolute Gasteiger partial charge is 0.486 e. The fourth-order valence-electron chi connectivity index (χ4n) is 2.92. The predicted molar refractivity (Wildman–Crippen MR) is 86.8 cm³/mol. The van der Waals surface area contributed by atoms with Gasteiger partial charge in [0.1, 0.15) is 13.2 Å². The van der Waals surface area contributed by atoms with E-state index in [2.05, 4.69) is 38.1 Å². The number of benzene rings is 2. The van der Waals surface area contributed by atoms with E-state index in [-0.39, 0.29) is 12.0 Å². The molecule has 1 unspecified atom stereocenters. The minimum Gasteiger partial charge on any atom is -0.486 e. The lowest BCUT2D eigenvalue weighted by Crippen LogP contribution is -2.29. The number of ether oxygens (including phenoxy) is 2. The standard InChI is InChI=1S/C19H22O3/c1-14-4-3-5-16(10-14)19(2,13-20)12-15-6-7-17-18(11-15)22-9-8-21-17/h3-7,10-11,20H,8-9,12-13H2,1-2H3. The maximum Gasteiger partial charge on any atom is 0.161 e. The summed E-state index contributed by atoms with van der Waals surface area (Å²) in [6.07, 6.45) is 0.754. The van der Waals surface area contributed by atoms with Crippen molar-refractivity contribution in [1.82, 2.24) is 0 Å². The normalized spacial score (nSPS) is 16.1. The summed E-state index contributed by atoms with van der Waals surface area (Å²) in [5, 5.41) is 9.97. The van der Waals surface area contributed by atoms with E-state index in [1.165, 1.54) is 5.56 Å². The Bertz CT molecular complexity index is 665. The molecule has 0 aliphatic carbocycles. The number of hydrogen-bond donors (Lipinski definition) is 1. The second-order valence-electron chi connectivity index (χ2n) is 6.24. The van der Waals surface area contributed by atoms with Crippen molar-refractivity contribution in [1.29, 1.82) is 0 Å². The topological polar surface area (TPSA) is 38.7 Å². The monoisotopic (exact) mass is 298 g/mol. The third-order valence-corrected chi connectivity index (χ3v) is 4.26. The van der Waals surface area contributed by atoms with Crippen molar-refractivity contribution in [3.8, 4) is 11.5 Å². The van der Waals surface area contributed by atoms with Crippen molar-refractivity contribution in [3.63, 3.8) is 0 Å². The van der Waals surface area contributed by atoms with Gasteiger partial charge in [-0.25, -0.2) is 0 Å². The van der Waals surface area contributed by atoms with Gasteiger partial charge in [0.2, 0.25) is 0 Å². The fraction of sp³-hybridized carbons (Fsp3) is 0.368. The molecule has 0 saturated heterocycles. The van der Waals surface area contributed by atoms with Crippen LogP contribution in [0.15, 0.2) is 42.5 Å². The number of hydrogen-bond acceptors (Lipinski definition) is 3. The molecule has 116 valence electrons. The third-order valence-electron chi connectivity index (χ3n) is 4.26. The van der Waals surface area contributed by atoms with Crippen LogP contribution in [0.2, 0.25) is 0 Å². The Labute approximate surface area is 131 Å². The van der Waals surface area contributed by atoms with Crippen molar-refractivity contribution in [2.24, 2.45) is 0 Å². The van der Waals surface area contributed by atoms with Crippen LogP contribution in [0.5, 0.6) is 11.5 Å². The van der Waals surface area contributed by atoms with Crippen molar-refractivity contribution in [3.05, 3.63) is 59.2 Å². The summed E-state index contributed by atoms with van der Waals surface area (Å²) in [5.41, 5.74) is 3.20. The van der Waals surface area contributed by atoms with Crippen LogP contribution in [-0.2, 0) is 11.8 Å². The van der Waals surface area contributed by atoms with Crippen molar-refractivity contribution in [2.45, 2.75) is 25.7 Å². The van der Waals surface area contributed by atoms with Gasteiger partial charge in [-0.15, -0.1) is 0 Å². The van der Waals surface area contributed by atoms with Crippen LogP contribution in [0.4, 0.5) is 0 Å². The van der Waals surface area contributed by atoms with E-state index in [9.17, 15) is 5.11 Å². The van der Waals surface area contributed by atoms with Gasteiger partial charge in [0.05, 0.1) is 6.61 Å². The molecule has 0 bridgehead atoms. The van der Waals surface area contributed by atoms with Gasteiger partial charge in [-0.2, -0.15) is 0 Å². The molecule has 0 fully saturated rings. The Morgan fingerprint density at radius 2 is 1.82 bits per heavy atom. The average Bonchev–Trinajstić information content (AvgIpc) is 2.54. The number of fused-ring (bicyclic) bond motifs is 1. The minimum atomic E-state index is -0.310. The quantitative estimate of drug-likeness (QED) is 0.941. The van der Waals surface area contributed by atoms with Crippen LogP contribution in [-0.4, -0.2) is 24.9 Å². The van der Waals surface area contributed by atoms with Gasteiger partial charge >= 0.3 is 0 Å². The average molecular weight is 298 g/mol. The van der Waals surface area contributed by atoms with E-state index in [1.54, 1.807) is 0 Å². The summed E-state index contributed by atoms with van der Waals surface area (Å²) >= 11 is 0. The molecule has 1 aliphatic rings. The Morgan fingerprint density at radius 3 is 2.55 bits per heavy atom. The van der Waals surface area contributed by atoms with Crippen LogP contribution < -0.4 is 9.47 Å². The number of aryl methyl sites for hydroxylation is 1. The summed E-state index contributed by atoms with van der Waals surface area (Å²) in [4.78, 5) is 0. The molecule has 1 N–H and O–H groups in total. The van der Waals surface area contributed by atoms with E-state index < -0.39 is 0 Å². The van der Waals surface area contributed by atoms with Crippen LogP contribution in [0, 0.1) is 6.92 Å². The van der Waals surface area contributed by atoms with Gasteiger partial charge in [-0.3, -0.25) is 0 Å². The van der Waals surface area contributed by atoms with Crippen molar-refractivity contribution >= 4 is 0 Å². The fourth-order valence-corrected chi connectivity index (χ4v) is 2.92. The molecule has 0 aromatic heterocycles. The number of aliphatic hydroxyl groups is 1. The molecule has 22 heavy (non-hydrogen) atoms. The molecule has 2 aromatic carbocycles. The predicted octanol–water partition coefficient (Wildman–Crippen LogP) is 3.26. The Balaban J connectivity index is 1.89. The second kappa shape index (κ2) is 6.01. The van der Waals surface area contributed by atoms with E-state index in [1.807, 2.05) is 18.2 Å². The Hall–Kier alpha value is -2.00. The highest BCUT2D eigenvalue weighted by atomic mass is 16.6. The molecule has 1 aliphatic heterocycles. The zero-order chi connectivity index (χ0) is 15.6. The molecule has 0 radical (unpaired) electrons. The lowest BCUT2D eigenvalue weighted by atomic mass is 9.77. The summed E-state index contributed by atoms with van der Waals surface area (Å²) in [7, 11) is 0. The molecule has 1 heterocycles. The van der Waals surface area contributed by atoms with E-state index in [0.29, 0.717) is 13.2 Å². The van der Waals surface area contributed by atoms with Gasteiger partial charge < -0.3 is 14.6 Å². The maximum atomic E-state index is 9.97. The van der Waals surface area contributed by atoms with Gasteiger partial charge in [0.25, 0.3) is 0 Å². The first kappa shape index (κ1) is 14.9. The third kappa shape index (κ3) is 2.95. The Kier molecular flexibility index (Phi) is 4.08. The molecular formula is C19H22O3. The van der Waals surface area contributed by atoms with Crippen LogP contribution >= 0.6 is 0 Å². The lowest BCUT2D eigenvalue weighted by molar-refractivity contribution is 0.171. The lowest BCUT2D eigenvalue weighted by Gasteiger charge is -2.29. The minimum absolute atomic E-state index is 0.102. The molecule has 1 atom stereocenters. The molecule has 2 aromatic rings. The molecule has 3 rings (SSSR count).